The Morgan fingerprint density at radius 2 is 2.06 bits per heavy atom. The van der Waals surface area contributed by atoms with Crippen molar-refractivity contribution in [1.82, 2.24) is 0 Å². The molecule has 0 unspecified atom stereocenters. The summed E-state index contributed by atoms with van der Waals surface area (Å²) in [5.41, 5.74) is 2.35. The van der Waals surface area contributed by atoms with Gasteiger partial charge >= 0.3 is 5.97 Å². The second kappa shape index (κ2) is 6.28. The molecule has 0 aliphatic rings. The van der Waals surface area contributed by atoms with E-state index in [1.807, 2.05) is 12.1 Å². The molecule has 0 saturated heterocycles. The van der Waals surface area contributed by atoms with Crippen molar-refractivity contribution in [2.24, 2.45) is 0 Å². The third kappa shape index (κ3) is 4.10. The van der Waals surface area contributed by atoms with Gasteiger partial charge in [0.25, 0.3) is 0 Å². The van der Waals surface area contributed by atoms with Gasteiger partial charge in [-0.05, 0) is 23.1 Å². The van der Waals surface area contributed by atoms with Crippen molar-refractivity contribution >= 4 is 5.97 Å². The Kier molecular flexibility index (Phi) is 5.01. The number of hydrogen-bond acceptors (Lipinski definition) is 3. The fraction of sp³-hybridized carbons (Fsp3) is 0.500. The van der Waals surface area contributed by atoms with Crippen molar-refractivity contribution < 1.29 is 14.3 Å². The molecule has 0 atom stereocenters. The fourth-order valence-electron chi connectivity index (χ4n) is 1.70. The molecule has 0 spiro atoms. The van der Waals surface area contributed by atoms with Crippen LogP contribution < -0.4 is 4.74 Å². The maximum Gasteiger partial charge on any atom is 0.302 e. The van der Waals surface area contributed by atoms with Crippen molar-refractivity contribution in [2.75, 3.05) is 13.7 Å². The van der Waals surface area contributed by atoms with Crippen LogP contribution in [0, 0.1) is 0 Å². The number of hydrogen-bond donors (Lipinski definition) is 0. The van der Waals surface area contributed by atoms with Gasteiger partial charge < -0.3 is 9.47 Å². The highest BCUT2D eigenvalue weighted by Crippen LogP contribution is 2.27. The van der Waals surface area contributed by atoms with Crippen LogP contribution in [0.3, 0.4) is 0 Å². The van der Waals surface area contributed by atoms with Crippen LogP contribution >= 0.6 is 0 Å². The van der Waals surface area contributed by atoms with Crippen LogP contribution in [0.15, 0.2) is 18.2 Å². The van der Waals surface area contributed by atoms with Crippen LogP contribution in [0.25, 0.3) is 0 Å². The lowest BCUT2D eigenvalue weighted by molar-refractivity contribution is -0.140. The number of carbonyl (C=O) groups is 1. The summed E-state index contributed by atoms with van der Waals surface area (Å²) in [6.45, 7) is 6.12. The zero-order valence-corrected chi connectivity index (χ0v) is 10.9. The fourth-order valence-corrected chi connectivity index (χ4v) is 1.70. The van der Waals surface area contributed by atoms with Gasteiger partial charge in [-0.25, -0.2) is 0 Å². The topological polar surface area (TPSA) is 35.5 Å². The van der Waals surface area contributed by atoms with Crippen LogP contribution in [0.1, 0.15) is 37.8 Å². The van der Waals surface area contributed by atoms with Gasteiger partial charge in [0.2, 0.25) is 0 Å². The van der Waals surface area contributed by atoms with Crippen LogP contribution in [0.2, 0.25) is 0 Å². The van der Waals surface area contributed by atoms with Crippen molar-refractivity contribution in [3.05, 3.63) is 29.3 Å². The summed E-state index contributed by atoms with van der Waals surface area (Å²) in [7, 11) is 1.68. The summed E-state index contributed by atoms with van der Waals surface area (Å²) in [4.78, 5) is 10.7. The minimum Gasteiger partial charge on any atom is -0.496 e. The third-order valence-electron chi connectivity index (χ3n) is 2.61. The molecule has 1 aromatic rings. The molecule has 0 aromatic heterocycles. The SMILES string of the molecule is COc1ccc(CCOC(C)=O)cc1C(C)C. The lowest BCUT2D eigenvalue weighted by Crippen LogP contribution is -2.04. The first-order valence-corrected chi connectivity index (χ1v) is 5.84. The van der Waals surface area contributed by atoms with E-state index in [0.717, 1.165) is 17.7 Å². The minimum atomic E-state index is -0.234. The zero-order chi connectivity index (χ0) is 12.8. The van der Waals surface area contributed by atoms with Crippen molar-refractivity contribution in [3.63, 3.8) is 0 Å². The van der Waals surface area contributed by atoms with Crippen molar-refractivity contribution in [2.45, 2.75) is 33.1 Å². The van der Waals surface area contributed by atoms with E-state index in [1.54, 1.807) is 7.11 Å². The smallest absolute Gasteiger partial charge is 0.302 e. The Bertz CT molecular complexity index is 383. The Hall–Kier alpha value is -1.51. The summed E-state index contributed by atoms with van der Waals surface area (Å²) < 4.78 is 10.3. The Balaban J connectivity index is 2.74. The van der Waals surface area contributed by atoms with Crippen LogP contribution in [-0.2, 0) is 16.0 Å². The predicted octanol–water partition coefficient (Wildman–Crippen LogP) is 2.92. The molecule has 0 amide bonds. The summed E-state index contributed by atoms with van der Waals surface area (Å²) in [5, 5.41) is 0. The maximum atomic E-state index is 10.7. The third-order valence-corrected chi connectivity index (χ3v) is 2.61. The Morgan fingerprint density at radius 3 is 2.59 bits per heavy atom. The van der Waals surface area contributed by atoms with Gasteiger partial charge in [0.15, 0.2) is 0 Å². The lowest BCUT2D eigenvalue weighted by Gasteiger charge is -2.13. The van der Waals surface area contributed by atoms with E-state index >= 15 is 0 Å². The van der Waals surface area contributed by atoms with E-state index in [-0.39, 0.29) is 5.97 Å². The van der Waals surface area contributed by atoms with Gasteiger partial charge in [0.1, 0.15) is 5.75 Å². The summed E-state index contributed by atoms with van der Waals surface area (Å²) in [5.74, 6) is 1.09. The lowest BCUT2D eigenvalue weighted by atomic mass is 9.98. The number of methoxy groups -OCH3 is 1. The molecule has 1 rings (SSSR count). The van der Waals surface area contributed by atoms with E-state index in [0.29, 0.717) is 12.5 Å². The molecular weight excluding hydrogens is 216 g/mol. The second-order valence-corrected chi connectivity index (χ2v) is 4.32. The molecule has 0 aliphatic heterocycles. The van der Waals surface area contributed by atoms with E-state index in [1.165, 1.54) is 12.5 Å². The molecule has 17 heavy (non-hydrogen) atoms. The van der Waals surface area contributed by atoms with E-state index < -0.39 is 0 Å². The minimum absolute atomic E-state index is 0.234. The number of carbonyl (C=O) groups excluding carboxylic acids is 1. The molecule has 0 radical (unpaired) electrons. The summed E-state index contributed by atoms with van der Waals surface area (Å²) in [6, 6.07) is 6.10. The molecule has 0 aliphatic carbocycles. The van der Waals surface area contributed by atoms with Crippen molar-refractivity contribution in [3.8, 4) is 5.75 Å². The molecular formula is C14H20O3. The van der Waals surface area contributed by atoms with E-state index in [4.69, 9.17) is 9.47 Å². The standard InChI is InChI=1S/C14H20O3/c1-10(2)13-9-12(5-6-14(13)16-4)7-8-17-11(3)15/h5-6,9-10H,7-8H2,1-4H3. The van der Waals surface area contributed by atoms with Gasteiger partial charge in [0, 0.05) is 13.3 Å². The first-order chi connectivity index (χ1) is 8.04. The zero-order valence-electron chi connectivity index (χ0n) is 10.9. The van der Waals surface area contributed by atoms with E-state index in [2.05, 4.69) is 19.9 Å². The highest BCUT2D eigenvalue weighted by Gasteiger charge is 2.08. The number of ether oxygens (including phenoxy) is 2. The Morgan fingerprint density at radius 1 is 1.35 bits per heavy atom. The molecule has 0 saturated carbocycles. The molecule has 3 heteroatoms. The van der Waals surface area contributed by atoms with Crippen molar-refractivity contribution in [1.29, 1.82) is 0 Å². The molecule has 3 nitrogen and oxygen atoms in total. The number of benzene rings is 1. The second-order valence-electron chi connectivity index (χ2n) is 4.32. The molecule has 0 fully saturated rings. The van der Waals surface area contributed by atoms with Crippen LogP contribution in [-0.4, -0.2) is 19.7 Å². The maximum absolute atomic E-state index is 10.7. The van der Waals surface area contributed by atoms with Gasteiger partial charge in [-0.1, -0.05) is 26.0 Å². The van der Waals surface area contributed by atoms with Gasteiger partial charge in [-0.15, -0.1) is 0 Å². The van der Waals surface area contributed by atoms with Gasteiger partial charge in [0.05, 0.1) is 13.7 Å². The van der Waals surface area contributed by atoms with Crippen LogP contribution in [0.5, 0.6) is 5.75 Å². The molecule has 94 valence electrons. The summed E-state index contributed by atoms with van der Waals surface area (Å²) >= 11 is 0. The molecule has 1 aromatic carbocycles. The van der Waals surface area contributed by atoms with Crippen LogP contribution in [0.4, 0.5) is 0 Å². The summed E-state index contributed by atoms with van der Waals surface area (Å²) in [6.07, 6.45) is 0.739. The highest BCUT2D eigenvalue weighted by atomic mass is 16.5. The predicted molar refractivity (Wildman–Crippen MR) is 67.4 cm³/mol. The highest BCUT2D eigenvalue weighted by molar-refractivity contribution is 5.65. The van der Waals surface area contributed by atoms with Gasteiger partial charge in [-0.2, -0.15) is 0 Å². The first-order valence-electron chi connectivity index (χ1n) is 5.84. The average molecular weight is 236 g/mol. The molecule has 0 N–H and O–H groups in total. The van der Waals surface area contributed by atoms with Gasteiger partial charge in [-0.3, -0.25) is 4.79 Å². The molecule has 0 bridgehead atoms. The average Bonchev–Trinajstić information content (AvgIpc) is 2.28. The Labute approximate surface area is 103 Å². The normalized spacial score (nSPS) is 10.4. The van der Waals surface area contributed by atoms with E-state index in [9.17, 15) is 4.79 Å². The quantitative estimate of drug-likeness (QED) is 0.737. The number of esters is 1. The largest absolute Gasteiger partial charge is 0.496 e. The molecule has 0 heterocycles. The number of rotatable bonds is 5. The first kappa shape index (κ1) is 13.6. The monoisotopic (exact) mass is 236 g/mol.